The van der Waals surface area contributed by atoms with Crippen LogP contribution in [0.5, 0.6) is 0 Å². The highest BCUT2D eigenvalue weighted by atomic mass is 16.2. The smallest absolute Gasteiger partial charge is 0.323 e. The first-order valence-electron chi connectivity index (χ1n) is 5.36. The summed E-state index contributed by atoms with van der Waals surface area (Å²) in [6.45, 7) is 3.86. The van der Waals surface area contributed by atoms with E-state index in [1.54, 1.807) is 5.01 Å². The molecule has 16 heavy (non-hydrogen) atoms. The van der Waals surface area contributed by atoms with Gasteiger partial charge in [0.15, 0.2) is 0 Å². The van der Waals surface area contributed by atoms with Crippen molar-refractivity contribution in [2.24, 2.45) is 5.73 Å². The molecule has 1 aliphatic rings. The molecule has 0 atom stereocenters. The molecule has 4 N–H and O–H groups in total. The summed E-state index contributed by atoms with van der Waals surface area (Å²) in [6, 6.07) is 0. The number of nitrogens with zero attached hydrogens (tertiary/aromatic N) is 2. The van der Waals surface area contributed by atoms with Crippen molar-refractivity contribution >= 4 is 11.8 Å². The van der Waals surface area contributed by atoms with Gasteiger partial charge in [-0.3, -0.25) is 15.0 Å². The zero-order valence-electron chi connectivity index (χ0n) is 9.53. The Labute approximate surface area is 94.9 Å². The van der Waals surface area contributed by atoms with Gasteiger partial charge in [0.05, 0.1) is 0 Å². The minimum Gasteiger partial charge on any atom is -0.347 e. The van der Waals surface area contributed by atoms with E-state index in [1.807, 2.05) is 7.05 Å². The molecule has 1 fully saturated rings. The first-order valence-corrected chi connectivity index (χ1v) is 5.36. The van der Waals surface area contributed by atoms with Crippen LogP contribution in [0.3, 0.4) is 0 Å². The van der Waals surface area contributed by atoms with Gasteiger partial charge in [0.25, 0.3) is 0 Å². The molecule has 7 nitrogen and oxygen atoms in total. The molecule has 1 saturated heterocycles. The molecule has 1 heterocycles. The summed E-state index contributed by atoms with van der Waals surface area (Å²) in [5.41, 5.74) is 7.78. The third-order valence-electron chi connectivity index (χ3n) is 2.40. The van der Waals surface area contributed by atoms with Crippen LogP contribution in [0.15, 0.2) is 0 Å². The van der Waals surface area contributed by atoms with E-state index in [0.29, 0.717) is 13.1 Å². The molecule has 0 aromatic carbocycles. The van der Waals surface area contributed by atoms with Crippen LogP contribution in [0.1, 0.15) is 0 Å². The number of nitrogens with two attached hydrogens (primary N) is 1. The lowest BCUT2D eigenvalue weighted by Crippen LogP contribution is -2.55. The Morgan fingerprint density at radius 2 is 1.81 bits per heavy atom. The van der Waals surface area contributed by atoms with Crippen molar-refractivity contribution in [2.75, 3.05) is 46.3 Å². The van der Waals surface area contributed by atoms with Gasteiger partial charge in [-0.2, -0.15) is 0 Å². The number of carbonyl (C=O) groups excluding carboxylic acids is 2. The van der Waals surface area contributed by atoms with Crippen LogP contribution in [0, 0.1) is 0 Å². The number of hydrogen-bond donors (Lipinski definition) is 3. The molecule has 0 unspecified atom stereocenters. The fourth-order valence-corrected chi connectivity index (χ4v) is 1.38. The average Bonchev–Trinajstić information content (AvgIpc) is 2.29. The highest BCUT2D eigenvalue weighted by Gasteiger charge is 2.19. The van der Waals surface area contributed by atoms with Crippen molar-refractivity contribution < 1.29 is 9.59 Å². The van der Waals surface area contributed by atoms with E-state index in [9.17, 15) is 9.59 Å². The molecule has 0 radical (unpaired) electrons. The van der Waals surface area contributed by atoms with E-state index in [0.717, 1.165) is 26.2 Å². The van der Waals surface area contributed by atoms with Crippen molar-refractivity contribution in [2.45, 2.75) is 0 Å². The molecule has 0 aromatic rings. The molecule has 0 spiro atoms. The summed E-state index contributed by atoms with van der Waals surface area (Å²) in [5, 5.41) is 4.17. The fourth-order valence-electron chi connectivity index (χ4n) is 1.38. The largest absolute Gasteiger partial charge is 0.347 e. The fraction of sp³-hybridized carbons (Fsp3) is 0.778. The maximum atomic E-state index is 11.4. The van der Waals surface area contributed by atoms with Crippen molar-refractivity contribution in [3.63, 3.8) is 0 Å². The number of hydrogen-bond acceptors (Lipinski definition) is 5. The second kappa shape index (κ2) is 6.41. The van der Waals surface area contributed by atoms with Crippen LogP contribution in [-0.4, -0.2) is 68.0 Å². The number of likely N-dealkylation sites (N-methyl/N-ethyl adjacent to an activating group) is 1. The summed E-state index contributed by atoms with van der Waals surface area (Å²) in [7, 11) is 2.02. The van der Waals surface area contributed by atoms with E-state index in [2.05, 4.69) is 15.6 Å². The van der Waals surface area contributed by atoms with Gasteiger partial charge in [0.2, 0.25) is 0 Å². The van der Waals surface area contributed by atoms with Gasteiger partial charge < -0.3 is 16.0 Å². The summed E-state index contributed by atoms with van der Waals surface area (Å²) >= 11 is 0. The van der Waals surface area contributed by atoms with Crippen molar-refractivity contribution in [3.8, 4) is 0 Å². The summed E-state index contributed by atoms with van der Waals surface area (Å²) in [4.78, 5) is 24.8. The van der Waals surface area contributed by atoms with Gasteiger partial charge in [-0.25, -0.2) is 5.01 Å². The summed E-state index contributed by atoms with van der Waals surface area (Å²) in [5.74, 6) is -1.26. The predicted octanol–water partition coefficient (Wildman–Crippen LogP) is -2.66. The van der Waals surface area contributed by atoms with Crippen molar-refractivity contribution in [3.05, 3.63) is 0 Å². The van der Waals surface area contributed by atoms with Crippen molar-refractivity contribution in [1.82, 2.24) is 20.7 Å². The minimum absolute atomic E-state index is 0.314. The predicted molar refractivity (Wildman–Crippen MR) is 59.3 cm³/mol. The van der Waals surface area contributed by atoms with E-state index >= 15 is 0 Å². The van der Waals surface area contributed by atoms with Crippen molar-refractivity contribution in [1.29, 1.82) is 0 Å². The quantitative estimate of drug-likeness (QED) is 0.460. The molecule has 0 saturated carbocycles. The molecule has 7 heteroatoms. The molecule has 1 aliphatic heterocycles. The van der Waals surface area contributed by atoms with Crippen LogP contribution < -0.4 is 16.5 Å². The number of amides is 2. The molecular weight excluding hydrogens is 210 g/mol. The Morgan fingerprint density at radius 1 is 1.19 bits per heavy atom. The lowest BCUT2D eigenvalue weighted by atomic mass is 10.4. The topological polar surface area (TPSA) is 90.7 Å². The molecule has 92 valence electrons. The highest BCUT2D eigenvalue weighted by molar-refractivity contribution is 6.34. The first kappa shape index (κ1) is 12.9. The van der Waals surface area contributed by atoms with Gasteiger partial charge in [0, 0.05) is 39.3 Å². The lowest BCUT2D eigenvalue weighted by molar-refractivity contribution is -0.142. The second-order valence-corrected chi connectivity index (χ2v) is 3.78. The number of nitrogens with one attached hydrogen (secondary N) is 2. The van der Waals surface area contributed by atoms with Gasteiger partial charge in [-0.1, -0.05) is 0 Å². The van der Waals surface area contributed by atoms with Gasteiger partial charge in [-0.15, -0.1) is 0 Å². The molecule has 1 rings (SSSR count). The zero-order chi connectivity index (χ0) is 12.0. The SMILES string of the molecule is CN1CCN(NC(=O)C(=O)NCCN)CC1. The Bertz CT molecular complexity index is 250. The lowest BCUT2D eigenvalue weighted by Gasteiger charge is -2.32. The number of hydrazine groups is 1. The number of piperazine rings is 1. The Morgan fingerprint density at radius 3 is 2.38 bits per heavy atom. The van der Waals surface area contributed by atoms with Gasteiger partial charge in [0.1, 0.15) is 0 Å². The van der Waals surface area contributed by atoms with E-state index in [-0.39, 0.29) is 0 Å². The van der Waals surface area contributed by atoms with Crippen LogP contribution in [0.25, 0.3) is 0 Å². The van der Waals surface area contributed by atoms with E-state index in [1.165, 1.54) is 0 Å². The third kappa shape index (κ3) is 4.13. The third-order valence-corrected chi connectivity index (χ3v) is 2.40. The molecule has 0 aromatic heterocycles. The van der Waals surface area contributed by atoms with E-state index in [4.69, 9.17) is 5.73 Å². The number of rotatable bonds is 3. The average molecular weight is 229 g/mol. The number of carbonyl (C=O) groups is 2. The van der Waals surface area contributed by atoms with Crippen LogP contribution in [0.4, 0.5) is 0 Å². The second-order valence-electron chi connectivity index (χ2n) is 3.78. The normalized spacial score (nSPS) is 18.1. The monoisotopic (exact) mass is 229 g/mol. The maximum absolute atomic E-state index is 11.4. The highest BCUT2D eigenvalue weighted by Crippen LogP contribution is 1.94. The molecule has 2 amide bonds. The van der Waals surface area contributed by atoms with Crippen LogP contribution >= 0.6 is 0 Å². The van der Waals surface area contributed by atoms with Gasteiger partial charge in [-0.05, 0) is 7.05 Å². The maximum Gasteiger partial charge on any atom is 0.323 e. The van der Waals surface area contributed by atoms with Crippen LogP contribution in [0.2, 0.25) is 0 Å². The Balaban J connectivity index is 2.25. The zero-order valence-corrected chi connectivity index (χ0v) is 9.53. The first-order chi connectivity index (χ1) is 7.63. The van der Waals surface area contributed by atoms with Crippen LogP contribution in [-0.2, 0) is 9.59 Å². The molecular formula is C9H19N5O2. The Kier molecular flexibility index (Phi) is 5.17. The van der Waals surface area contributed by atoms with E-state index < -0.39 is 11.8 Å². The summed E-state index contributed by atoms with van der Waals surface area (Å²) in [6.07, 6.45) is 0. The molecule has 0 aliphatic carbocycles. The minimum atomic E-state index is -0.635. The Hall–Kier alpha value is -1.18. The van der Waals surface area contributed by atoms with Gasteiger partial charge >= 0.3 is 11.8 Å². The summed E-state index contributed by atoms with van der Waals surface area (Å²) < 4.78 is 0. The molecule has 0 bridgehead atoms. The standard InChI is InChI=1S/C9H19N5O2/c1-13-4-6-14(7-5-13)12-9(16)8(15)11-3-2-10/h2-7,10H2,1H3,(H,11,15)(H,12,16).